The van der Waals surface area contributed by atoms with Gasteiger partial charge in [-0.2, -0.15) is 18.3 Å². The number of thiazole rings is 1. The van der Waals surface area contributed by atoms with Crippen LogP contribution in [0.4, 0.5) is 13.2 Å². The molecule has 0 spiro atoms. The van der Waals surface area contributed by atoms with Gasteiger partial charge in [0.1, 0.15) is 0 Å². The Hall–Kier alpha value is -1.41. The van der Waals surface area contributed by atoms with E-state index in [4.69, 9.17) is 0 Å². The first-order valence-electron chi connectivity index (χ1n) is 6.74. The average molecular weight is 316 g/mol. The van der Waals surface area contributed by atoms with E-state index in [-0.39, 0.29) is 5.92 Å². The summed E-state index contributed by atoms with van der Waals surface area (Å²) in [5, 5.41) is 7.94. The van der Waals surface area contributed by atoms with Crippen LogP contribution in [0.25, 0.3) is 0 Å². The number of rotatable bonds is 3. The predicted molar refractivity (Wildman–Crippen MR) is 73.0 cm³/mol. The SMILES string of the molecule is FC(F)(F)c1cc(C2CCN(Cc3cscn3)CC2)[nH]n1. The smallest absolute Gasteiger partial charge is 0.297 e. The van der Waals surface area contributed by atoms with Gasteiger partial charge in [0.05, 0.1) is 11.2 Å². The molecule has 114 valence electrons. The van der Waals surface area contributed by atoms with Crippen LogP contribution in [0.5, 0.6) is 0 Å². The van der Waals surface area contributed by atoms with Crippen LogP contribution in [0.1, 0.15) is 35.8 Å². The number of aromatic amines is 1. The average Bonchev–Trinajstić information content (AvgIpc) is 3.09. The van der Waals surface area contributed by atoms with Crippen molar-refractivity contribution in [3.05, 3.63) is 34.0 Å². The summed E-state index contributed by atoms with van der Waals surface area (Å²) in [6, 6.07) is 1.14. The van der Waals surface area contributed by atoms with Gasteiger partial charge in [-0.15, -0.1) is 11.3 Å². The summed E-state index contributed by atoms with van der Waals surface area (Å²) in [6.07, 6.45) is -2.70. The van der Waals surface area contributed by atoms with E-state index >= 15 is 0 Å². The number of piperidine rings is 1. The highest BCUT2D eigenvalue weighted by Gasteiger charge is 2.35. The standard InChI is InChI=1S/C13H15F3N4S/c14-13(15,16)12-5-11(18-19-12)9-1-3-20(4-2-9)6-10-7-21-8-17-10/h5,7-9H,1-4,6H2,(H,18,19). The summed E-state index contributed by atoms with van der Waals surface area (Å²) in [5.74, 6) is 0.125. The molecule has 2 aromatic rings. The molecule has 1 aliphatic rings. The van der Waals surface area contributed by atoms with Crippen molar-refractivity contribution in [3.8, 4) is 0 Å². The van der Waals surface area contributed by atoms with Crippen molar-refractivity contribution < 1.29 is 13.2 Å². The minimum absolute atomic E-state index is 0.125. The molecule has 4 nitrogen and oxygen atoms in total. The van der Waals surface area contributed by atoms with Crippen molar-refractivity contribution in [2.45, 2.75) is 31.5 Å². The second-order valence-electron chi connectivity index (χ2n) is 5.24. The van der Waals surface area contributed by atoms with Crippen LogP contribution in [0.3, 0.4) is 0 Å². The van der Waals surface area contributed by atoms with Gasteiger partial charge in [-0.25, -0.2) is 4.98 Å². The third kappa shape index (κ3) is 3.44. The van der Waals surface area contributed by atoms with E-state index < -0.39 is 11.9 Å². The molecule has 1 fully saturated rings. The van der Waals surface area contributed by atoms with Crippen molar-refractivity contribution in [1.82, 2.24) is 20.1 Å². The first-order valence-corrected chi connectivity index (χ1v) is 7.68. The summed E-state index contributed by atoms with van der Waals surface area (Å²) >= 11 is 1.57. The minimum atomic E-state index is -4.37. The zero-order valence-corrected chi connectivity index (χ0v) is 12.0. The lowest BCUT2D eigenvalue weighted by molar-refractivity contribution is -0.141. The van der Waals surface area contributed by atoms with Gasteiger partial charge in [-0.05, 0) is 32.0 Å². The highest BCUT2D eigenvalue weighted by atomic mass is 32.1. The molecule has 3 rings (SSSR count). The van der Waals surface area contributed by atoms with Crippen LogP contribution in [0, 0.1) is 0 Å². The van der Waals surface area contributed by atoms with E-state index in [1.54, 1.807) is 11.3 Å². The fraction of sp³-hybridized carbons (Fsp3) is 0.538. The molecule has 2 aromatic heterocycles. The highest BCUT2D eigenvalue weighted by molar-refractivity contribution is 7.07. The van der Waals surface area contributed by atoms with Crippen molar-refractivity contribution in [1.29, 1.82) is 0 Å². The summed E-state index contributed by atoms with van der Waals surface area (Å²) in [4.78, 5) is 6.54. The molecule has 0 aliphatic carbocycles. The fourth-order valence-electron chi connectivity index (χ4n) is 2.64. The van der Waals surface area contributed by atoms with E-state index in [1.165, 1.54) is 0 Å². The zero-order valence-electron chi connectivity index (χ0n) is 11.2. The Kier molecular flexibility index (Phi) is 3.99. The van der Waals surface area contributed by atoms with Gasteiger partial charge >= 0.3 is 6.18 Å². The molecule has 0 saturated carbocycles. The van der Waals surface area contributed by atoms with Crippen molar-refractivity contribution >= 4 is 11.3 Å². The third-order valence-electron chi connectivity index (χ3n) is 3.78. The number of likely N-dealkylation sites (tertiary alicyclic amines) is 1. The van der Waals surface area contributed by atoms with Gasteiger partial charge in [0.2, 0.25) is 0 Å². The quantitative estimate of drug-likeness (QED) is 0.945. The number of H-pyrrole nitrogens is 1. The lowest BCUT2D eigenvalue weighted by atomic mass is 9.93. The molecule has 3 heterocycles. The fourth-order valence-corrected chi connectivity index (χ4v) is 3.19. The van der Waals surface area contributed by atoms with Crippen LogP contribution in [-0.4, -0.2) is 33.2 Å². The Labute approximate surface area is 124 Å². The molecular weight excluding hydrogens is 301 g/mol. The molecule has 1 N–H and O–H groups in total. The molecule has 0 radical (unpaired) electrons. The van der Waals surface area contributed by atoms with Crippen LogP contribution in [0.2, 0.25) is 0 Å². The molecule has 8 heteroatoms. The lowest BCUT2D eigenvalue weighted by Gasteiger charge is -2.30. The largest absolute Gasteiger partial charge is 0.435 e. The molecule has 0 unspecified atom stereocenters. The molecule has 1 aliphatic heterocycles. The van der Waals surface area contributed by atoms with Gasteiger partial charge < -0.3 is 0 Å². The number of nitrogens with zero attached hydrogens (tertiary/aromatic N) is 3. The monoisotopic (exact) mass is 316 g/mol. The van der Waals surface area contributed by atoms with E-state index in [0.717, 1.165) is 44.2 Å². The molecule has 1 saturated heterocycles. The summed E-state index contributed by atoms with van der Waals surface area (Å²) in [7, 11) is 0. The Morgan fingerprint density at radius 3 is 2.67 bits per heavy atom. The van der Waals surface area contributed by atoms with Crippen LogP contribution in [0.15, 0.2) is 17.0 Å². The van der Waals surface area contributed by atoms with Gasteiger partial charge in [-0.3, -0.25) is 10.00 Å². The Balaban J connectivity index is 1.57. The number of nitrogens with one attached hydrogen (secondary N) is 1. The Bertz CT molecular complexity index is 571. The third-order valence-corrected chi connectivity index (χ3v) is 4.42. The van der Waals surface area contributed by atoms with Gasteiger partial charge in [0.25, 0.3) is 0 Å². The maximum Gasteiger partial charge on any atom is 0.435 e. The second kappa shape index (κ2) is 5.76. The van der Waals surface area contributed by atoms with Crippen LogP contribution >= 0.6 is 11.3 Å². The Morgan fingerprint density at radius 1 is 1.33 bits per heavy atom. The highest BCUT2D eigenvalue weighted by Crippen LogP contribution is 2.32. The second-order valence-corrected chi connectivity index (χ2v) is 5.96. The van der Waals surface area contributed by atoms with Crippen molar-refractivity contribution in [3.63, 3.8) is 0 Å². The molecule has 21 heavy (non-hydrogen) atoms. The van der Waals surface area contributed by atoms with E-state index in [9.17, 15) is 13.2 Å². The number of hydrogen-bond donors (Lipinski definition) is 1. The summed E-state index contributed by atoms with van der Waals surface area (Å²) in [6.45, 7) is 2.54. The number of halogens is 3. The van der Waals surface area contributed by atoms with E-state index in [1.807, 2.05) is 10.9 Å². The normalized spacial score (nSPS) is 18.2. The maximum absolute atomic E-state index is 12.5. The maximum atomic E-state index is 12.5. The van der Waals surface area contributed by atoms with Crippen molar-refractivity contribution in [2.75, 3.05) is 13.1 Å². The molecule has 0 bridgehead atoms. The number of hydrogen-bond acceptors (Lipinski definition) is 4. The molecule has 0 amide bonds. The van der Waals surface area contributed by atoms with Gasteiger partial charge in [0.15, 0.2) is 5.69 Å². The first-order chi connectivity index (χ1) is 10.0. The Morgan fingerprint density at radius 2 is 2.10 bits per heavy atom. The minimum Gasteiger partial charge on any atom is -0.297 e. The van der Waals surface area contributed by atoms with Crippen molar-refractivity contribution in [2.24, 2.45) is 0 Å². The van der Waals surface area contributed by atoms with Crippen LogP contribution < -0.4 is 0 Å². The summed E-state index contributed by atoms with van der Waals surface area (Å²) < 4.78 is 37.6. The first kappa shape index (κ1) is 14.5. The lowest BCUT2D eigenvalue weighted by Crippen LogP contribution is -2.32. The van der Waals surface area contributed by atoms with Gasteiger partial charge in [0, 0.05) is 23.5 Å². The molecular formula is C13H15F3N4S. The van der Waals surface area contributed by atoms with E-state index in [0.29, 0.717) is 5.69 Å². The summed E-state index contributed by atoms with van der Waals surface area (Å²) in [5.41, 5.74) is 2.63. The molecule has 0 atom stereocenters. The molecule has 0 aromatic carbocycles. The van der Waals surface area contributed by atoms with Crippen LogP contribution in [-0.2, 0) is 12.7 Å². The zero-order chi connectivity index (χ0) is 14.9. The van der Waals surface area contributed by atoms with Gasteiger partial charge in [-0.1, -0.05) is 0 Å². The number of alkyl halides is 3. The number of aromatic nitrogens is 3. The predicted octanol–water partition coefficient (Wildman–Crippen LogP) is 3.26. The van der Waals surface area contributed by atoms with E-state index in [2.05, 4.69) is 20.1 Å². The topological polar surface area (TPSA) is 44.8 Å².